The van der Waals surface area contributed by atoms with Gasteiger partial charge in [0.25, 0.3) is 0 Å². The summed E-state index contributed by atoms with van der Waals surface area (Å²) in [6.45, 7) is 9.91. The molecule has 2 aliphatic rings. The van der Waals surface area contributed by atoms with Crippen molar-refractivity contribution in [2.45, 2.75) is 58.8 Å². The molecule has 2 unspecified atom stereocenters. The minimum atomic E-state index is 0.370. The SMILES string of the molecule is COc1ccc2c(c1)CCC1C(C)C(C)(C)CC[C@@]21C. The Kier molecular flexibility index (Phi) is 3.15. The van der Waals surface area contributed by atoms with Crippen LogP contribution in [0.15, 0.2) is 18.2 Å². The number of fused-ring (bicyclic) bond motifs is 3. The molecule has 3 atom stereocenters. The molecule has 3 rings (SSSR count). The maximum Gasteiger partial charge on any atom is 0.119 e. The monoisotopic (exact) mass is 272 g/mol. The zero-order chi connectivity index (χ0) is 14.5. The van der Waals surface area contributed by atoms with E-state index in [0.29, 0.717) is 10.8 Å². The summed E-state index contributed by atoms with van der Waals surface area (Å²) >= 11 is 0. The molecule has 1 saturated carbocycles. The fourth-order valence-corrected chi connectivity index (χ4v) is 4.77. The summed E-state index contributed by atoms with van der Waals surface area (Å²) in [5, 5.41) is 0. The molecule has 0 aliphatic heterocycles. The van der Waals surface area contributed by atoms with Crippen LogP contribution in [0.4, 0.5) is 0 Å². The molecule has 1 aromatic carbocycles. The van der Waals surface area contributed by atoms with Crippen LogP contribution in [0, 0.1) is 17.3 Å². The van der Waals surface area contributed by atoms with E-state index < -0.39 is 0 Å². The van der Waals surface area contributed by atoms with E-state index in [4.69, 9.17) is 4.74 Å². The van der Waals surface area contributed by atoms with Crippen molar-refractivity contribution in [2.24, 2.45) is 17.3 Å². The Morgan fingerprint density at radius 1 is 1.15 bits per heavy atom. The van der Waals surface area contributed by atoms with Crippen LogP contribution in [0.25, 0.3) is 0 Å². The Morgan fingerprint density at radius 2 is 1.90 bits per heavy atom. The van der Waals surface area contributed by atoms with Crippen LogP contribution in [0.5, 0.6) is 5.75 Å². The molecule has 0 saturated heterocycles. The molecule has 0 amide bonds. The van der Waals surface area contributed by atoms with Gasteiger partial charge in [-0.2, -0.15) is 0 Å². The smallest absolute Gasteiger partial charge is 0.119 e. The van der Waals surface area contributed by atoms with E-state index in [9.17, 15) is 0 Å². The lowest BCUT2D eigenvalue weighted by Gasteiger charge is -2.55. The Bertz CT molecular complexity index is 516. The second-order valence-electron chi connectivity index (χ2n) is 7.86. The quantitative estimate of drug-likeness (QED) is 0.701. The molecule has 1 fully saturated rings. The number of ether oxygens (including phenoxy) is 1. The molecular formula is C19H28O. The van der Waals surface area contributed by atoms with Crippen molar-refractivity contribution in [3.05, 3.63) is 29.3 Å². The number of aryl methyl sites for hydroxylation is 1. The van der Waals surface area contributed by atoms with Crippen molar-refractivity contribution in [1.29, 1.82) is 0 Å². The fraction of sp³-hybridized carbons (Fsp3) is 0.684. The van der Waals surface area contributed by atoms with E-state index in [1.165, 1.54) is 31.2 Å². The number of hydrogen-bond donors (Lipinski definition) is 0. The molecule has 0 bridgehead atoms. The highest BCUT2D eigenvalue weighted by Crippen LogP contribution is 2.57. The first kappa shape index (κ1) is 14.0. The second-order valence-corrected chi connectivity index (χ2v) is 7.86. The normalized spacial score (nSPS) is 35.0. The maximum absolute atomic E-state index is 5.40. The number of hydrogen-bond acceptors (Lipinski definition) is 1. The average Bonchev–Trinajstić information content (AvgIpc) is 2.43. The lowest BCUT2D eigenvalue weighted by Crippen LogP contribution is -2.49. The summed E-state index contributed by atoms with van der Waals surface area (Å²) in [5.74, 6) is 2.64. The molecule has 1 nitrogen and oxygen atoms in total. The van der Waals surface area contributed by atoms with Gasteiger partial charge in [0.1, 0.15) is 5.75 Å². The third-order valence-electron chi connectivity index (χ3n) is 6.60. The zero-order valence-corrected chi connectivity index (χ0v) is 13.6. The first-order valence-electron chi connectivity index (χ1n) is 8.06. The predicted molar refractivity (Wildman–Crippen MR) is 84.3 cm³/mol. The van der Waals surface area contributed by atoms with E-state index >= 15 is 0 Å². The number of benzene rings is 1. The zero-order valence-electron chi connectivity index (χ0n) is 13.6. The topological polar surface area (TPSA) is 9.23 Å². The van der Waals surface area contributed by atoms with Crippen LogP contribution < -0.4 is 4.74 Å². The van der Waals surface area contributed by atoms with E-state index in [0.717, 1.165) is 17.6 Å². The van der Waals surface area contributed by atoms with Crippen molar-refractivity contribution in [3.8, 4) is 5.75 Å². The molecule has 1 aromatic rings. The van der Waals surface area contributed by atoms with E-state index in [1.54, 1.807) is 12.7 Å². The van der Waals surface area contributed by atoms with Gasteiger partial charge in [0.15, 0.2) is 0 Å². The molecule has 0 heterocycles. The van der Waals surface area contributed by atoms with Crippen molar-refractivity contribution in [3.63, 3.8) is 0 Å². The molecule has 0 aromatic heterocycles. The van der Waals surface area contributed by atoms with Gasteiger partial charge in [-0.15, -0.1) is 0 Å². The average molecular weight is 272 g/mol. The van der Waals surface area contributed by atoms with Gasteiger partial charge < -0.3 is 4.74 Å². The Morgan fingerprint density at radius 3 is 2.60 bits per heavy atom. The van der Waals surface area contributed by atoms with Crippen molar-refractivity contribution in [2.75, 3.05) is 7.11 Å². The van der Waals surface area contributed by atoms with Gasteiger partial charge in [0.05, 0.1) is 7.11 Å². The highest BCUT2D eigenvalue weighted by molar-refractivity contribution is 5.43. The number of methoxy groups -OCH3 is 1. The van der Waals surface area contributed by atoms with Crippen LogP contribution >= 0.6 is 0 Å². The van der Waals surface area contributed by atoms with Crippen LogP contribution in [0.2, 0.25) is 0 Å². The highest BCUT2D eigenvalue weighted by atomic mass is 16.5. The van der Waals surface area contributed by atoms with E-state index in [1.807, 2.05) is 0 Å². The van der Waals surface area contributed by atoms with Crippen LogP contribution in [0.1, 0.15) is 58.1 Å². The highest BCUT2D eigenvalue weighted by Gasteiger charge is 2.50. The first-order valence-corrected chi connectivity index (χ1v) is 8.06. The third kappa shape index (κ3) is 1.89. The van der Waals surface area contributed by atoms with Gasteiger partial charge >= 0.3 is 0 Å². The van der Waals surface area contributed by atoms with E-state index in [-0.39, 0.29) is 0 Å². The van der Waals surface area contributed by atoms with Gasteiger partial charge in [-0.25, -0.2) is 0 Å². The summed E-state index contributed by atoms with van der Waals surface area (Å²) in [6, 6.07) is 6.75. The molecule has 110 valence electrons. The first-order chi connectivity index (χ1) is 9.38. The Balaban J connectivity index is 2.03. The van der Waals surface area contributed by atoms with Gasteiger partial charge in [-0.05, 0) is 71.6 Å². The van der Waals surface area contributed by atoms with Crippen LogP contribution in [0.3, 0.4) is 0 Å². The molecule has 0 spiro atoms. The van der Waals surface area contributed by atoms with Crippen LogP contribution in [-0.2, 0) is 11.8 Å². The molecule has 2 aliphatic carbocycles. The van der Waals surface area contributed by atoms with Gasteiger partial charge in [0.2, 0.25) is 0 Å². The van der Waals surface area contributed by atoms with Gasteiger partial charge in [-0.1, -0.05) is 33.8 Å². The lowest BCUT2D eigenvalue weighted by molar-refractivity contribution is 0.0141. The minimum absolute atomic E-state index is 0.370. The van der Waals surface area contributed by atoms with Gasteiger partial charge in [-0.3, -0.25) is 0 Å². The van der Waals surface area contributed by atoms with Gasteiger partial charge in [0, 0.05) is 0 Å². The summed E-state index contributed by atoms with van der Waals surface area (Å²) < 4.78 is 5.40. The fourth-order valence-electron chi connectivity index (χ4n) is 4.77. The van der Waals surface area contributed by atoms with Crippen molar-refractivity contribution in [1.82, 2.24) is 0 Å². The minimum Gasteiger partial charge on any atom is -0.497 e. The lowest BCUT2D eigenvalue weighted by atomic mass is 9.49. The summed E-state index contributed by atoms with van der Waals surface area (Å²) in [4.78, 5) is 0. The predicted octanol–water partition coefficient (Wildman–Crippen LogP) is 4.97. The second kappa shape index (κ2) is 4.51. The largest absolute Gasteiger partial charge is 0.497 e. The standard InChI is InChI=1S/C19H28O/c1-13-16-8-6-14-12-15(20-5)7-9-17(14)19(16,4)11-10-18(13,2)3/h7,9,12-13,16H,6,8,10-11H2,1-5H3/t13?,16?,19-/m1/s1. The maximum atomic E-state index is 5.40. The third-order valence-corrected chi connectivity index (χ3v) is 6.60. The summed E-state index contributed by atoms with van der Waals surface area (Å²) in [6.07, 6.45) is 5.22. The Labute approximate surface area is 123 Å². The molecule has 1 heteroatoms. The van der Waals surface area contributed by atoms with Crippen LogP contribution in [-0.4, -0.2) is 7.11 Å². The molecule has 20 heavy (non-hydrogen) atoms. The molecular weight excluding hydrogens is 244 g/mol. The van der Waals surface area contributed by atoms with Crippen molar-refractivity contribution < 1.29 is 4.74 Å². The molecule has 0 radical (unpaired) electrons. The summed E-state index contributed by atoms with van der Waals surface area (Å²) in [7, 11) is 1.76. The number of rotatable bonds is 1. The van der Waals surface area contributed by atoms with E-state index in [2.05, 4.69) is 45.9 Å². The van der Waals surface area contributed by atoms with Crippen molar-refractivity contribution >= 4 is 0 Å². The summed E-state index contributed by atoms with van der Waals surface area (Å²) in [5.41, 5.74) is 3.98. The molecule has 0 N–H and O–H groups in total. The Hall–Kier alpha value is -0.980.